The first-order chi connectivity index (χ1) is 14.2. The number of fused-ring (bicyclic) bond motifs is 1. The third-order valence-corrected chi connectivity index (χ3v) is 6.26. The molecule has 3 aliphatic heterocycles. The van der Waals surface area contributed by atoms with Gasteiger partial charge in [-0.15, -0.1) is 24.0 Å². The molecular weight excluding hydrogens is 493 g/mol. The van der Waals surface area contributed by atoms with Gasteiger partial charge in [-0.25, -0.2) is 0 Å². The first kappa shape index (κ1) is 23.3. The lowest BCUT2D eigenvalue weighted by Crippen LogP contribution is -2.50. The first-order valence-electron chi connectivity index (χ1n) is 10.9. The predicted octanol–water partition coefficient (Wildman–Crippen LogP) is 1.78. The Hall–Kier alpha value is -1.39. The van der Waals surface area contributed by atoms with Gasteiger partial charge in [-0.2, -0.15) is 0 Å². The third-order valence-electron chi connectivity index (χ3n) is 6.26. The Balaban J connectivity index is 0.00000256. The summed E-state index contributed by atoms with van der Waals surface area (Å²) < 4.78 is 6.07. The molecule has 3 heterocycles. The van der Waals surface area contributed by atoms with E-state index in [-0.39, 0.29) is 36.0 Å². The molecule has 0 spiro atoms. The maximum absolute atomic E-state index is 12.5. The molecule has 0 radical (unpaired) electrons. The summed E-state index contributed by atoms with van der Waals surface area (Å²) in [7, 11) is 1.79. The van der Waals surface area contributed by atoms with E-state index in [4.69, 9.17) is 4.74 Å². The number of nitrogens with zero attached hydrogens (tertiary/aromatic N) is 4. The second-order valence-electron chi connectivity index (χ2n) is 8.18. The lowest BCUT2D eigenvalue weighted by atomic mass is 10.1. The van der Waals surface area contributed by atoms with E-state index in [9.17, 15) is 4.79 Å². The minimum Gasteiger partial charge on any atom is -0.373 e. The fraction of sp³-hybridized carbons (Fsp3) is 0.636. The van der Waals surface area contributed by atoms with Gasteiger partial charge < -0.3 is 19.9 Å². The molecule has 7 nitrogen and oxygen atoms in total. The monoisotopic (exact) mass is 527 g/mol. The number of rotatable bonds is 4. The van der Waals surface area contributed by atoms with Crippen LogP contribution in [0, 0.1) is 0 Å². The second kappa shape index (κ2) is 11.3. The van der Waals surface area contributed by atoms with Crippen molar-refractivity contribution in [2.45, 2.75) is 38.0 Å². The van der Waals surface area contributed by atoms with Crippen molar-refractivity contribution in [2.75, 3.05) is 52.9 Å². The number of benzene rings is 1. The topological polar surface area (TPSA) is 60.4 Å². The fourth-order valence-electron chi connectivity index (χ4n) is 4.69. The number of amides is 1. The predicted molar refractivity (Wildman–Crippen MR) is 129 cm³/mol. The fourth-order valence-corrected chi connectivity index (χ4v) is 4.69. The van der Waals surface area contributed by atoms with Gasteiger partial charge in [-0.3, -0.25) is 14.7 Å². The van der Waals surface area contributed by atoms with Crippen molar-refractivity contribution >= 4 is 35.8 Å². The summed E-state index contributed by atoms with van der Waals surface area (Å²) in [5, 5.41) is 3.29. The Kier molecular flexibility index (Phi) is 8.76. The molecular formula is C22H34IN5O2. The lowest BCUT2D eigenvalue weighted by Gasteiger charge is -2.36. The zero-order valence-corrected chi connectivity index (χ0v) is 20.2. The number of carbonyl (C=O) groups is 1. The molecule has 0 aromatic heterocycles. The van der Waals surface area contributed by atoms with E-state index in [1.807, 2.05) is 4.90 Å². The summed E-state index contributed by atoms with van der Waals surface area (Å²) in [5.41, 5.74) is 1.33. The number of guanidine groups is 1. The van der Waals surface area contributed by atoms with Crippen LogP contribution in [0.4, 0.5) is 0 Å². The van der Waals surface area contributed by atoms with Crippen LogP contribution < -0.4 is 5.32 Å². The van der Waals surface area contributed by atoms with Gasteiger partial charge >= 0.3 is 0 Å². The number of morpholine rings is 1. The molecule has 3 fully saturated rings. The lowest BCUT2D eigenvalue weighted by molar-refractivity contribution is -0.130. The molecule has 0 bridgehead atoms. The van der Waals surface area contributed by atoms with E-state index in [1.165, 1.54) is 12.0 Å². The van der Waals surface area contributed by atoms with E-state index < -0.39 is 0 Å². The van der Waals surface area contributed by atoms with Crippen LogP contribution in [0.5, 0.6) is 0 Å². The van der Waals surface area contributed by atoms with Gasteiger partial charge in [0.2, 0.25) is 5.91 Å². The zero-order chi connectivity index (χ0) is 20.1. The summed E-state index contributed by atoms with van der Waals surface area (Å²) in [6, 6.07) is 11.0. The van der Waals surface area contributed by atoms with Crippen LogP contribution in [0.1, 0.15) is 24.8 Å². The Bertz CT molecular complexity index is 711. The Morgan fingerprint density at radius 3 is 2.60 bits per heavy atom. The van der Waals surface area contributed by atoms with E-state index in [2.05, 4.69) is 50.4 Å². The van der Waals surface area contributed by atoms with E-state index in [0.717, 1.165) is 64.7 Å². The SMILES string of the molecule is CN=C(NCC(=O)N1CCCCC1)N1CC2OCCN(Cc3ccccc3)C2C1.I. The molecule has 4 rings (SSSR count). The third kappa shape index (κ3) is 5.64. The molecule has 3 aliphatic rings. The Labute approximate surface area is 196 Å². The zero-order valence-electron chi connectivity index (χ0n) is 17.8. The van der Waals surface area contributed by atoms with Gasteiger partial charge in [0.05, 0.1) is 25.3 Å². The molecule has 1 aromatic rings. The van der Waals surface area contributed by atoms with Crippen molar-refractivity contribution in [1.29, 1.82) is 0 Å². The van der Waals surface area contributed by atoms with Crippen molar-refractivity contribution in [3.8, 4) is 0 Å². The maximum atomic E-state index is 12.5. The number of ether oxygens (including phenoxy) is 1. The van der Waals surface area contributed by atoms with E-state index in [1.54, 1.807) is 7.05 Å². The van der Waals surface area contributed by atoms with Gasteiger partial charge in [-0.1, -0.05) is 30.3 Å². The second-order valence-corrected chi connectivity index (χ2v) is 8.18. The van der Waals surface area contributed by atoms with Crippen LogP contribution in [0.2, 0.25) is 0 Å². The smallest absolute Gasteiger partial charge is 0.241 e. The quantitative estimate of drug-likeness (QED) is 0.368. The molecule has 1 N–H and O–H groups in total. The Morgan fingerprint density at radius 2 is 1.87 bits per heavy atom. The number of halogens is 1. The van der Waals surface area contributed by atoms with E-state index >= 15 is 0 Å². The average molecular weight is 527 g/mol. The summed E-state index contributed by atoms with van der Waals surface area (Å²) in [6.07, 6.45) is 3.65. The average Bonchev–Trinajstić information content (AvgIpc) is 3.20. The standard InChI is InChI=1S/C22H33N5O2.HI/c1-23-22(24-14-21(28)25-10-6-3-7-11-25)27-16-19-20(17-27)29-13-12-26(19)15-18-8-4-2-5-9-18;/h2,4-5,8-9,19-20H,3,6-7,10-17H2,1H3,(H,23,24);1H. The molecule has 166 valence electrons. The van der Waals surface area contributed by atoms with Gasteiger partial charge in [0.25, 0.3) is 0 Å². The molecule has 1 aromatic carbocycles. The van der Waals surface area contributed by atoms with Crippen molar-refractivity contribution in [2.24, 2.45) is 4.99 Å². The minimum atomic E-state index is 0. The van der Waals surface area contributed by atoms with Crippen LogP contribution in [-0.4, -0.2) is 91.6 Å². The van der Waals surface area contributed by atoms with Crippen LogP contribution in [0.15, 0.2) is 35.3 Å². The number of hydrogen-bond acceptors (Lipinski definition) is 4. The summed E-state index contributed by atoms with van der Waals surface area (Å²) in [5.74, 6) is 0.970. The molecule has 0 saturated carbocycles. The van der Waals surface area contributed by atoms with Crippen LogP contribution >= 0.6 is 24.0 Å². The number of aliphatic imine (C=N–C) groups is 1. The highest BCUT2D eigenvalue weighted by atomic mass is 127. The highest BCUT2D eigenvalue weighted by Gasteiger charge is 2.41. The molecule has 3 saturated heterocycles. The van der Waals surface area contributed by atoms with Crippen LogP contribution in [0.25, 0.3) is 0 Å². The Morgan fingerprint density at radius 1 is 1.10 bits per heavy atom. The molecule has 2 atom stereocenters. The number of carbonyl (C=O) groups excluding carboxylic acids is 1. The summed E-state index contributed by atoms with van der Waals surface area (Å²) in [4.78, 5) is 23.7. The summed E-state index contributed by atoms with van der Waals surface area (Å²) in [6.45, 7) is 6.42. The minimum absolute atomic E-state index is 0. The molecule has 2 unspecified atom stereocenters. The summed E-state index contributed by atoms with van der Waals surface area (Å²) >= 11 is 0. The van der Waals surface area contributed by atoms with Crippen molar-refractivity contribution in [3.05, 3.63) is 35.9 Å². The maximum Gasteiger partial charge on any atom is 0.241 e. The number of likely N-dealkylation sites (tertiary alicyclic amines) is 2. The molecule has 8 heteroatoms. The van der Waals surface area contributed by atoms with Gasteiger partial charge in [0.1, 0.15) is 0 Å². The molecule has 1 amide bonds. The number of piperidine rings is 1. The number of hydrogen-bond donors (Lipinski definition) is 1. The highest BCUT2D eigenvalue weighted by Crippen LogP contribution is 2.24. The highest BCUT2D eigenvalue weighted by molar-refractivity contribution is 14.0. The normalized spacial score (nSPS) is 24.9. The van der Waals surface area contributed by atoms with E-state index in [0.29, 0.717) is 12.6 Å². The van der Waals surface area contributed by atoms with Gasteiger partial charge in [-0.05, 0) is 24.8 Å². The first-order valence-corrected chi connectivity index (χ1v) is 10.9. The van der Waals surface area contributed by atoms with Gasteiger partial charge in [0.15, 0.2) is 5.96 Å². The van der Waals surface area contributed by atoms with Crippen molar-refractivity contribution in [1.82, 2.24) is 20.0 Å². The molecule has 0 aliphatic carbocycles. The van der Waals surface area contributed by atoms with Crippen molar-refractivity contribution < 1.29 is 9.53 Å². The molecule has 30 heavy (non-hydrogen) atoms. The van der Waals surface area contributed by atoms with Gasteiger partial charge in [0, 0.05) is 46.3 Å². The number of nitrogens with one attached hydrogen (secondary N) is 1. The van der Waals surface area contributed by atoms with Crippen LogP contribution in [0.3, 0.4) is 0 Å². The van der Waals surface area contributed by atoms with Crippen LogP contribution in [-0.2, 0) is 16.1 Å². The largest absolute Gasteiger partial charge is 0.373 e. The van der Waals surface area contributed by atoms with Crippen molar-refractivity contribution in [3.63, 3.8) is 0 Å².